The highest BCUT2D eigenvalue weighted by molar-refractivity contribution is 5.85. The Hall–Kier alpha value is -1.75. The SMILES string of the molecule is Cc1ccc(C(N)C(=O)N2CCN(c3ccccc3C)CC2)cc1.Cl.Cl. The van der Waals surface area contributed by atoms with E-state index in [-0.39, 0.29) is 30.7 Å². The summed E-state index contributed by atoms with van der Waals surface area (Å²) in [5.41, 5.74) is 10.8. The van der Waals surface area contributed by atoms with Crippen LogP contribution in [0.3, 0.4) is 0 Å². The van der Waals surface area contributed by atoms with Crippen molar-refractivity contribution < 1.29 is 4.79 Å². The lowest BCUT2D eigenvalue weighted by molar-refractivity contribution is -0.133. The van der Waals surface area contributed by atoms with Crippen molar-refractivity contribution in [2.24, 2.45) is 5.73 Å². The standard InChI is InChI=1S/C20H25N3O.2ClH/c1-15-7-9-17(10-8-15)19(21)20(24)23-13-11-22(12-14-23)18-6-4-3-5-16(18)2;;/h3-10,19H,11-14,21H2,1-2H3;2*1H. The molecule has 0 spiro atoms. The molecule has 2 aromatic carbocycles. The molecule has 6 heteroatoms. The van der Waals surface area contributed by atoms with Gasteiger partial charge in [-0.05, 0) is 31.0 Å². The first kappa shape index (κ1) is 22.3. The lowest BCUT2D eigenvalue weighted by Gasteiger charge is -2.37. The number of hydrogen-bond acceptors (Lipinski definition) is 3. The van der Waals surface area contributed by atoms with Crippen molar-refractivity contribution in [3.05, 3.63) is 65.2 Å². The number of benzene rings is 2. The minimum atomic E-state index is -0.574. The van der Waals surface area contributed by atoms with Crippen LogP contribution in [-0.2, 0) is 4.79 Å². The van der Waals surface area contributed by atoms with E-state index < -0.39 is 6.04 Å². The highest BCUT2D eigenvalue weighted by atomic mass is 35.5. The van der Waals surface area contributed by atoms with Crippen molar-refractivity contribution >= 4 is 36.4 Å². The average molecular weight is 396 g/mol. The van der Waals surface area contributed by atoms with Gasteiger partial charge in [0, 0.05) is 31.9 Å². The zero-order valence-electron chi connectivity index (χ0n) is 15.2. The molecule has 1 fully saturated rings. The molecule has 2 aromatic rings. The zero-order valence-corrected chi connectivity index (χ0v) is 16.9. The molecule has 0 saturated carbocycles. The summed E-state index contributed by atoms with van der Waals surface area (Å²) in [6.45, 7) is 7.27. The Labute approximate surface area is 168 Å². The molecule has 142 valence electrons. The molecule has 1 heterocycles. The van der Waals surface area contributed by atoms with E-state index in [4.69, 9.17) is 5.73 Å². The Balaban J connectivity index is 0.00000169. The van der Waals surface area contributed by atoms with Gasteiger partial charge in [-0.2, -0.15) is 0 Å². The second-order valence-electron chi connectivity index (χ2n) is 6.49. The van der Waals surface area contributed by atoms with Gasteiger partial charge in [0.2, 0.25) is 5.91 Å². The number of hydrogen-bond donors (Lipinski definition) is 1. The quantitative estimate of drug-likeness (QED) is 0.864. The molecule has 0 radical (unpaired) electrons. The lowest BCUT2D eigenvalue weighted by Crippen LogP contribution is -2.51. The van der Waals surface area contributed by atoms with E-state index in [0.29, 0.717) is 13.1 Å². The van der Waals surface area contributed by atoms with Gasteiger partial charge in [-0.25, -0.2) is 0 Å². The molecule has 1 unspecified atom stereocenters. The number of rotatable bonds is 3. The highest BCUT2D eigenvalue weighted by Gasteiger charge is 2.26. The summed E-state index contributed by atoms with van der Waals surface area (Å²) in [5, 5.41) is 0. The van der Waals surface area contributed by atoms with Gasteiger partial charge >= 0.3 is 0 Å². The van der Waals surface area contributed by atoms with Gasteiger partial charge < -0.3 is 15.5 Å². The number of amides is 1. The maximum absolute atomic E-state index is 12.7. The van der Waals surface area contributed by atoms with Crippen molar-refractivity contribution in [2.45, 2.75) is 19.9 Å². The number of carbonyl (C=O) groups excluding carboxylic acids is 1. The summed E-state index contributed by atoms with van der Waals surface area (Å²) in [7, 11) is 0. The van der Waals surface area contributed by atoms with Crippen LogP contribution >= 0.6 is 24.8 Å². The fraction of sp³-hybridized carbons (Fsp3) is 0.350. The van der Waals surface area contributed by atoms with Gasteiger partial charge in [0.15, 0.2) is 0 Å². The van der Waals surface area contributed by atoms with Crippen LogP contribution in [0.1, 0.15) is 22.7 Å². The van der Waals surface area contributed by atoms with Gasteiger partial charge in [-0.15, -0.1) is 24.8 Å². The second kappa shape index (κ2) is 9.81. The van der Waals surface area contributed by atoms with E-state index in [2.05, 4.69) is 36.1 Å². The van der Waals surface area contributed by atoms with Crippen molar-refractivity contribution in [1.82, 2.24) is 4.90 Å². The molecule has 0 aliphatic carbocycles. The van der Waals surface area contributed by atoms with Crippen LogP contribution < -0.4 is 10.6 Å². The second-order valence-corrected chi connectivity index (χ2v) is 6.49. The molecule has 2 N–H and O–H groups in total. The summed E-state index contributed by atoms with van der Waals surface area (Å²) < 4.78 is 0. The number of nitrogens with zero attached hydrogens (tertiary/aromatic N) is 2. The molecule has 1 atom stereocenters. The smallest absolute Gasteiger partial charge is 0.244 e. The third kappa shape index (κ3) is 4.91. The Morgan fingerprint density at radius 1 is 0.923 bits per heavy atom. The Kier molecular flexibility index (Phi) is 8.41. The fourth-order valence-electron chi connectivity index (χ4n) is 3.20. The molecule has 4 nitrogen and oxygen atoms in total. The van der Waals surface area contributed by atoms with E-state index in [1.165, 1.54) is 16.8 Å². The van der Waals surface area contributed by atoms with Gasteiger partial charge in [0.05, 0.1) is 0 Å². The number of anilines is 1. The van der Waals surface area contributed by atoms with E-state index in [9.17, 15) is 4.79 Å². The van der Waals surface area contributed by atoms with Crippen LogP contribution in [0.4, 0.5) is 5.69 Å². The average Bonchev–Trinajstić information content (AvgIpc) is 2.62. The predicted octanol–water partition coefficient (Wildman–Crippen LogP) is 3.50. The first-order chi connectivity index (χ1) is 11.6. The van der Waals surface area contributed by atoms with Gasteiger partial charge in [-0.3, -0.25) is 4.79 Å². The molecule has 0 aromatic heterocycles. The molecule has 26 heavy (non-hydrogen) atoms. The summed E-state index contributed by atoms with van der Waals surface area (Å²) in [6, 6.07) is 15.7. The van der Waals surface area contributed by atoms with Crippen LogP contribution in [-0.4, -0.2) is 37.0 Å². The first-order valence-corrected chi connectivity index (χ1v) is 8.48. The van der Waals surface area contributed by atoms with Gasteiger partial charge in [-0.1, -0.05) is 48.0 Å². The Morgan fingerprint density at radius 3 is 2.08 bits per heavy atom. The maximum atomic E-state index is 12.7. The van der Waals surface area contributed by atoms with E-state index >= 15 is 0 Å². The zero-order chi connectivity index (χ0) is 17.1. The molecular weight excluding hydrogens is 369 g/mol. The first-order valence-electron chi connectivity index (χ1n) is 8.48. The molecule has 3 rings (SSSR count). The van der Waals surface area contributed by atoms with Crippen LogP contribution in [0.5, 0.6) is 0 Å². The van der Waals surface area contributed by atoms with Crippen molar-refractivity contribution in [1.29, 1.82) is 0 Å². The van der Waals surface area contributed by atoms with E-state index in [1.807, 2.05) is 36.1 Å². The van der Waals surface area contributed by atoms with E-state index in [0.717, 1.165) is 18.7 Å². The highest BCUT2D eigenvalue weighted by Crippen LogP contribution is 2.22. The van der Waals surface area contributed by atoms with Gasteiger partial charge in [0.1, 0.15) is 6.04 Å². The van der Waals surface area contributed by atoms with Crippen LogP contribution in [0, 0.1) is 13.8 Å². The minimum Gasteiger partial charge on any atom is -0.368 e. The monoisotopic (exact) mass is 395 g/mol. The van der Waals surface area contributed by atoms with Crippen LogP contribution in [0.15, 0.2) is 48.5 Å². The van der Waals surface area contributed by atoms with Crippen molar-refractivity contribution in [3.8, 4) is 0 Å². The number of para-hydroxylation sites is 1. The topological polar surface area (TPSA) is 49.6 Å². The fourth-order valence-corrected chi connectivity index (χ4v) is 3.20. The molecule has 1 aliphatic heterocycles. The molecular formula is C20H27Cl2N3O. The maximum Gasteiger partial charge on any atom is 0.244 e. The summed E-state index contributed by atoms with van der Waals surface area (Å²) in [6.07, 6.45) is 0. The minimum absolute atomic E-state index is 0. The molecule has 0 bridgehead atoms. The predicted molar refractivity (Wildman–Crippen MR) is 113 cm³/mol. The third-order valence-electron chi connectivity index (χ3n) is 4.75. The van der Waals surface area contributed by atoms with Crippen LogP contribution in [0.2, 0.25) is 0 Å². The van der Waals surface area contributed by atoms with E-state index in [1.54, 1.807) is 0 Å². The molecule has 1 aliphatic rings. The lowest BCUT2D eigenvalue weighted by atomic mass is 10.0. The number of nitrogens with two attached hydrogens (primary N) is 1. The number of carbonyl (C=O) groups is 1. The normalized spacial score (nSPS) is 14.9. The molecule has 1 saturated heterocycles. The van der Waals surface area contributed by atoms with Crippen LogP contribution in [0.25, 0.3) is 0 Å². The van der Waals surface area contributed by atoms with Crippen molar-refractivity contribution in [2.75, 3.05) is 31.1 Å². The number of aryl methyl sites for hydroxylation is 2. The Bertz CT molecular complexity index is 713. The summed E-state index contributed by atoms with van der Waals surface area (Å²) >= 11 is 0. The third-order valence-corrected chi connectivity index (χ3v) is 4.75. The number of halogens is 2. The van der Waals surface area contributed by atoms with Gasteiger partial charge in [0.25, 0.3) is 0 Å². The molecule has 1 amide bonds. The largest absolute Gasteiger partial charge is 0.368 e. The Morgan fingerprint density at radius 2 is 1.50 bits per heavy atom. The summed E-state index contributed by atoms with van der Waals surface area (Å²) in [5.74, 6) is 0.0169. The van der Waals surface area contributed by atoms with Crippen molar-refractivity contribution in [3.63, 3.8) is 0 Å². The number of piperazine rings is 1. The summed E-state index contributed by atoms with van der Waals surface area (Å²) in [4.78, 5) is 16.9.